The molecule has 0 aliphatic carbocycles. The summed E-state index contributed by atoms with van der Waals surface area (Å²) in [5.41, 5.74) is 4.60. The van der Waals surface area contributed by atoms with Gasteiger partial charge in [-0.15, -0.1) is 0 Å². The molecular weight excluding hydrogens is 252 g/mol. The minimum absolute atomic E-state index is 0.158. The molecule has 0 aromatic heterocycles. The molecule has 2 N–H and O–H groups in total. The van der Waals surface area contributed by atoms with Gasteiger partial charge in [0.05, 0.1) is 0 Å². The molecule has 0 saturated heterocycles. The predicted octanol–water partition coefficient (Wildman–Crippen LogP) is 2.84. The zero-order chi connectivity index (χ0) is 14.7. The minimum atomic E-state index is -3.16. The fourth-order valence-electron chi connectivity index (χ4n) is 1.54. The van der Waals surface area contributed by atoms with Crippen molar-refractivity contribution >= 4 is 5.97 Å². The van der Waals surface area contributed by atoms with Gasteiger partial charge in [-0.2, -0.15) is 0 Å². The Morgan fingerprint density at radius 3 is 2.26 bits per heavy atom. The molecular formula is C14H19F2NO2. The Balaban J connectivity index is 2.71. The van der Waals surface area contributed by atoms with Crippen molar-refractivity contribution in [3.63, 3.8) is 0 Å². The summed E-state index contributed by atoms with van der Waals surface area (Å²) in [5, 5.41) is 0. The molecule has 19 heavy (non-hydrogen) atoms. The number of ether oxygens (including phenoxy) is 1. The number of nitrogens with two attached hydrogens (primary N) is 1. The first-order valence-corrected chi connectivity index (χ1v) is 6.03. The van der Waals surface area contributed by atoms with E-state index in [1.165, 1.54) is 24.3 Å². The number of carbonyl (C=O) groups excluding carboxylic acids is 1. The van der Waals surface area contributed by atoms with E-state index >= 15 is 0 Å². The molecule has 0 saturated carbocycles. The van der Waals surface area contributed by atoms with Crippen LogP contribution in [0.25, 0.3) is 0 Å². The highest BCUT2D eigenvalue weighted by Gasteiger charge is 2.37. The lowest BCUT2D eigenvalue weighted by molar-refractivity contribution is -0.159. The lowest BCUT2D eigenvalue weighted by Crippen LogP contribution is -2.40. The molecule has 5 heteroatoms. The molecule has 0 aliphatic heterocycles. The fourth-order valence-corrected chi connectivity index (χ4v) is 1.54. The monoisotopic (exact) mass is 271 g/mol. The molecule has 1 aromatic rings. The van der Waals surface area contributed by atoms with Crippen LogP contribution in [0.15, 0.2) is 30.3 Å². The van der Waals surface area contributed by atoms with Crippen LogP contribution in [0, 0.1) is 0 Å². The summed E-state index contributed by atoms with van der Waals surface area (Å²) in [5.74, 6) is -3.97. The molecule has 1 atom stereocenters. The lowest BCUT2D eigenvalue weighted by Gasteiger charge is -2.24. The van der Waals surface area contributed by atoms with Gasteiger partial charge in [-0.25, -0.2) is 8.78 Å². The molecule has 1 aromatic carbocycles. The highest BCUT2D eigenvalue weighted by Crippen LogP contribution is 2.32. The predicted molar refractivity (Wildman–Crippen MR) is 68.8 cm³/mol. The van der Waals surface area contributed by atoms with Crippen molar-refractivity contribution in [3.05, 3.63) is 35.9 Å². The number of carbonyl (C=O) groups is 1. The van der Waals surface area contributed by atoms with Gasteiger partial charge in [0.1, 0.15) is 11.6 Å². The molecule has 0 bridgehead atoms. The van der Waals surface area contributed by atoms with E-state index in [0.29, 0.717) is 0 Å². The van der Waals surface area contributed by atoms with Crippen LogP contribution < -0.4 is 5.73 Å². The number of esters is 1. The van der Waals surface area contributed by atoms with Crippen molar-refractivity contribution in [3.8, 4) is 0 Å². The van der Waals surface area contributed by atoms with Crippen LogP contribution in [0.2, 0.25) is 0 Å². The second kappa shape index (κ2) is 5.65. The average Bonchev–Trinajstić information content (AvgIpc) is 2.27. The smallest absolute Gasteiger partial charge is 0.323 e. The molecule has 0 radical (unpaired) electrons. The van der Waals surface area contributed by atoms with Crippen LogP contribution in [0.3, 0.4) is 0 Å². The van der Waals surface area contributed by atoms with Crippen molar-refractivity contribution < 1.29 is 18.3 Å². The molecule has 106 valence electrons. The fraction of sp³-hybridized carbons (Fsp3) is 0.500. The molecule has 0 heterocycles. The Labute approximate surface area is 111 Å². The van der Waals surface area contributed by atoms with Crippen LogP contribution in [0.5, 0.6) is 0 Å². The Kier molecular flexibility index (Phi) is 4.63. The maximum atomic E-state index is 13.9. The maximum absolute atomic E-state index is 13.9. The van der Waals surface area contributed by atoms with Crippen molar-refractivity contribution in [1.82, 2.24) is 0 Å². The second-order valence-electron chi connectivity index (χ2n) is 5.41. The SMILES string of the molecule is CC(C)(C)OC(=O)C(N)CC(F)(F)c1ccccc1. The zero-order valence-electron chi connectivity index (χ0n) is 11.3. The number of hydrogen-bond donors (Lipinski definition) is 1. The third-order valence-corrected chi connectivity index (χ3v) is 2.38. The van der Waals surface area contributed by atoms with Gasteiger partial charge in [0.25, 0.3) is 5.92 Å². The first-order chi connectivity index (χ1) is 8.62. The van der Waals surface area contributed by atoms with Gasteiger partial charge >= 0.3 is 5.97 Å². The van der Waals surface area contributed by atoms with Gasteiger partial charge in [-0.1, -0.05) is 30.3 Å². The zero-order valence-corrected chi connectivity index (χ0v) is 11.3. The van der Waals surface area contributed by atoms with Gasteiger partial charge in [0, 0.05) is 12.0 Å². The topological polar surface area (TPSA) is 52.3 Å². The maximum Gasteiger partial charge on any atom is 0.323 e. The van der Waals surface area contributed by atoms with E-state index in [2.05, 4.69) is 0 Å². The van der Waals surface area contributed by atoms with Crippen molar-refractivity contribution in [2.24, 2.45) is 5.73 Å². The standard InChI is InChI=1S/C14H19F2NO2/c1-13(2,3)19-12(18)11(17)9-14(15,16)10-7-5-4-6-8-10/h4-8,11H,9,17H2,1-3H3. The summed E-state index contributed by atoms with van der Waals surface area (Å²) in [6.07, 6.45) is -0.772. The summed E-state index contributed by atoms with van der Waals surface area (Å²) in [6, 6.07) is 5.94. The molecule has 0 aliphatic rings. The van der Waals surface area contributed by atoms with Crippen LogP contribution in [-0.2, 0) is 15.5 Å². The van der Waals surface area contributed by atoms with Crippen LogP contribution in [0.1, 0.15) is 32.8 Å². The molecule has 0 spiro atoms. The van der Waals surface area contributed by atoms with E-state index in [-0.39, 0.29) is 5.56 Å². The highest BCUT2D eigenvalue weighted by molar-refractivity contribution is 5.76. The number of halogens is 2. The quantitative estimate of drug-likeness (QED) is 0.857. The van der Waals surface area contributed by atoms with E-state index in [1.54, 1.807) is 26.8 Å². The van der Waals surface area contributed by atoms with E-state index in [1.807, 2.05) is 0 Å². The summed E-state index contributed by atoms with van der Waals surface area (Å²) >= 11 is 0. The largest absolute Gasteiger partial charge is 0.459 e. The van der Waals surface area contributed by atoms with E-state index < -0.39 is 30.0 Å². The van der Waals surface area contributed by atoms with Gasteiger partial charge in [-0.05, 0) is 20.8 Å². The van der Waals surface area contributed by atoms with Gasteiger partial charge in [0.15, 0.2) is 0 Å². The Morgan fingerprint density at radius 2 is 1.79 bits per heavy atom. The van der Waals surface area contributed by atoms with Crippen LogP contribution in [-0.4, -0.2) is 17.6 Å². The van der Waals surface area contributed by atoms with E-state index in [9.17, 15) is 13.6 Å². The normalized spacial score (nSPS) is 14.0. The third-order valence-electron chi connectivity index (χ3n) is 2.38. The van der Waals surface area contributed by atoms with Gasteiger partial charge in [-0.3, -0.25) is 4.79 Å². The van der Waals surface area contributed by atoms with Gasteiger partial charge in [0.2, 0.25) is 0 Å². The summed E-state index contributed by atoms with van der Waals surface area (Å²) in [4.78, 5) is 11.6. The van der Waals surface area contributed by atoms with Crippen molar-refractivity contribution in [2.45, 2.75) is 44.8 Å². The number of alkyl halides is 2. The molecule has 0 fully saturated rings. The number of rotatable bonds is 4. The average molecular weight is 271 g/mol. The van der Waals surface area contributed by atoms with E-state index in [4.69, 9.17) is 10.5 Å². The number of hydrogen-bond acceptors (Lipinski definition) is 3. The molecule has 1 rings (SSSR count). The second-order valence-corrected chi connectivity index (χ2v) is 5.41. The van der Waals surface area contributed by atoms with Crippen LogP contribution in [0.4, 0.5) is 8.78 Å². The summed E-state index contributed by atoms with van der Waals surface area (Å²) in [7, 11) is 0. The Morgan fingerprint density at radius 1 is 1.26 bits per heavy atom. The first-order valence-electron chi connectivity index (χ1n) is 6.03. The van der Waals surface area contributed by atoms with Gasteiger partial charge < -0.3 is 10.5 Å². The minimum Gasteiger partial charge on any atom is -0.459 e. The third kappa shape index (κ3) is 4.95. The van der Waals surface area contributed by atoms with Crippen molar-refractivity contribution in [2.75, 3.05) is 0 Å². The Hall–Kier alpha value is -1.49. The molecule has 0 amide bonds. The lowest BCUT2D eigenvalue weighted by atomic mass is 10.0. The highest BCUT2D eigenvalue weighted by atomic mass is 19.3. The summed E-state index contributed by atoms with van der Waals surface area (Å²) < 4.78 is 32.8. The molecule has 1 unspecified atom stereocenters. The summed E-state index contributed by atoms with van der Waals surface area (Å²) in [6.45, 7) is 4.98. The van der Waals surface area contributed by atoms with E-state index in [0.717, 1.165) is 0 Å². The number of benzene rings is 1. The van der Waals surface area contributed by atoms with Crippen LogP contribution >= 0.6 is 0 Å². The molecule has 3 nitrogen and oxygen atoms in total. The van der Waals surface area contributed by atoms with Crippen molar-refractivity contribution in [1.29, 1.82) is 0 Å². The Bertz CT molecular complexity index is 427. The first kappa shape index (κ1) is 15.6.